The molecule has 0 bridgehead atoms. The third-order valence-electron chi connectivity index (χ3n) is 13.2. The van der Waals surface area contributed by atoms with Crippen LogP contribution in [-0.2, 0) is 28.6 Å². The van der Waals surface area contributed by atoms with Gasteiger partial charge in [0.1, 0.15) is 13.2 Å². The summed E-state index contributed by atoms with van der Waals surface area (Å²) in [6.45, 7) is 6.36. The summed E-state index contributed by atoms with van der Waals surface area (Å²) < 4.78 is 16.9. The Hall–Kier alpha value is -4.19. The third-order valence-corrected chi connectivity index (χ3v) is 13.2. The maximum Gasteiger partial charge on any atom is 0.306 e. The summed E-state index contributed by atoms with van der Waals surface area (Å²) in [6, 6.07) is 0. The maximum absolute atomic E-state index is 12.9. The van der Waals surface area contributed by atoms with Crippen molar-refractivity contribution in [2.45, 2.75) is 290 Å². The monoisotopic (exact) mass is 1050 g/mol. The van der Waals surface area contributed by atoms with E-state index in [1.165, 1.54) is 89.9 Å². The van der Waals surface area contributed by atoms with Crippen LogP contribution in [0.2, 0.25) is 0 Å². The Kier molecular flexibility index (Phi) is 59.9. The summed E-state index contributed by atoms with van der Waals surface area (Å²) >= 11 is 0. The fourth-order valence-corrected chi connectivity index (χ4v) is 8.50. The number of carbonyl (C=O) groups excluding carboxylic acids is 3. The van der Waals surface area contributed by atoms with E-state index < -0.39 is 6.10 Å². The topological polar surface area (TPSA) is 78.9 Å². The molecule has 432 valence electrons. The molecule has 0 aromatic rings. The molecule has 0 radical (unpaired) electrons. The highest BCUT2D eigenvalue weighted by atomic mass is 16.6. The molecule has 0 aromatic heterocycles. The van der Waals surface area contributed by atoms with Gasteiger partial charge in [-0.2, -0.15) is 0 Å². The van der Waals surface area contributed by atoms with Gasteiger partial charge < -0.3 is 14.2 Å². The van der Waals surface area contributed by atoms with Crippen LogP contribution in [-0.4, -0.2) is 37.2 Å². The Labute approximate surface area is 469 Å². The van der Waals surface area contributed by atoms with E-state index in [4.69, 9.17) is 14.2 Å². The molecule has 1 unspecified atom stereocenters. The Morgan fingerprint density at radius 2 is 0.513 bits per heavy atom. The molecule has 0 spiro atoms. The van der Waals surface area contributed by atoms with Gasteiger partial charge in [-0.1, -0.05) is 264 Å². The molecule has 6 nitrogen and oxygen atoms in total. The van der Waals surface area contributed by atoms with Crippen LogP contribution in [0.15, 0.2) is 122 Å². The van der Waals surface area contributed by atoms with E-state index >= 15 is 0 Å². The summed E-state index contributed by atoms with van der Waals surface area (Å²) in [5.41, 5.74) is 0. The van der Waals surface area contributed by atoms with E-state index in [0.717, 1.165) is 154 Å². The fourth-order valence-electron chi connectivity index (χ4n) is 8.50. The average molecular weight is 1050 g/mol. The van der Waals surface area contributed by atoms with Crippen molar-refractivity contribution in [3.63, 3.8) is 0 Å². The number of hydrogen-bond donors (Lipinski definition) is 0. The van der Waals surface area contributed by atoms with Crippen LogP contribution >= 0.6 is 0 Å². The zero-order valence-electron chi connectivity index (χ0n) is 49.5. The summed E-state index contributed by atoms with van der Waals surface area (Å²) in [4.78, 5) is 38.3. The van der Waals surface area contributed by atoms with Gasteiger partial charge in [-0.25, -0.2) is 0 Å². The minimum absolute atomic E-state index is 0.0915. The third kappa shape index (κ3) is 60.7. The molecular weight excluding hydrogens is 937 g/mol. The zero-order chi connectivity index (χ0) is 55.0. The van der Waals surface area contributed by atoms with Crippen molar-refractivity contribution in [1.29, 1.82) is 0 Å². The van der Waals surface area contributed by atoms with E-state index in [-0.39, 0.29) is 31.1 Å². The predicted molar refractivity (Wildman–Crippen MR) is 330 cm³/mol. The number of hydrogen-bond acceptors (Lipinski definition) is 6. The maximum atomic E-state index is 12.9. The fraction of sp³-hybridized carbons (Fsp3) is 0.671. The van der Waals surface area contributed by atoms with Crippen molar-refractivity contribution in [2.24, 2.45) is 0 Å². The number of esters is 3. The molecule has 0 N–H and O–H groups in total. The molecule has 6 heteroatoms. The van der Waals surface area contributed by atoms with Crippen molar-refractivity contribution in [2.75, 3.05) is 13.2 Å². The Balaban J connectivity index is 4.28. The average Bonchev–Trinajstić information content (AvgIpc) is 3.42. The van der Waals surface area contributed by atoms with Gasteiger partial charge in [0.2, 0.25) is 0 Å². The first-order valence-electron chi connectivity index (χ1n) is 31.5. The van der Waals surface area contributed by atoms with Gasteiger partial charge in [-0.15, -0.1) is 0 Å². The highest BCUT2D eigenvalue weighted by molar-refractivity contribution is 5.71. The number of carbonyl (C=O) groups is 3. The Morgan fingerprint density at radius 3 is 0.803 bits per heavy atom. The zero-order valence-corrected chi connectivity index (χ0v) is 49.5. The lowest BCUT2D eigenvalue weighted by Gasteiger charge is -2.18. The lowest BCUT2D eigenvalue weighted by atomic mass is 10.0. The summed E-state index contributed by atoms with van der Waals surface area (Å²) in [5, 5.41) is 0. The lowest BCUT2D eigenvalue weighted by Crippen LogP contribution is -2.30. The molecule has 76 heavy (non-hydrogen) atoms. The highest BCUT2D eigenvalue weighted by Gasteiger charge is 2.19. The van der Waals surface area contributed by atoms with Crippen LogP contribution in [0.3, 0.4) is 0 Å². The second-order valence-corrected chi connectivity index (χ2v) is 20.5. The molecule has 0 rings (SSSR count). The smallest absolute Gasteiger partial charge is 0.306 e. The molecule has 0 aliphatic carbocycles. The Morgan fingerprint density at radius 1 is 0.276 bits per heavy atom. The number of allylic oxidation sites excluding steroid dienone is 20. The molecule has 0 saturated heterocycles. The van der Waals surface area contributed by atoms with E-state index in [1.54, 1.807) is 0 Å². The van der Waals surface area contributed by atoms with Crippen LogP contribution < -0.4 is 0 Å². The number of ether oxygens (including phenoxy) is 3. The molecule has 0 aliphatic rings. The van der Waals surface area contributed by atoms with Crippen LogP contribution in [0.4, 0.5) is 0 Å². The van der Waals surface area contributed by atoms with Gasteiger partial charge in [0, 0.05) is 19.3 Å². The predicted octanol–water partition coefficient (Wildman–Crippen LogP) is 21.6. The first-order chi connectivity index (χ1) is 37.5. The second-order valence-electron chi connectivity index (χ2n) is 20.5. The second kappa shape index (κ2) is 63.3. The molecule has 0 saturated carbocycles. The molecule has 1 atom stereocenters. The van der Waals surface area contributed by atoms with Crippen LogP contribution in [0.1, 0.15) is 284 Å². The van der Waals surface area contributed by atoms with Gasteiger partial charge in [0.15, 0.2) is 6.10 Å². The minimum Gasteiger partial charge on any atom is -0.462 e. The van der Waals surface area contributed by atoms with E-state index in [9.17, 15) is 14.4 Å². The van der Waals surface area contributed by atoms with Crippen molar-refractivity contribution < 1.29 is 28.6 Å². The summed E-state index contributed by atoms with van der Waals surface area (Å²) in [6.07, 6.45) is 87.8. The van der Waals surface area contributed by atoms with Crippen LogP contribution in [0.25, 0.3) is 0 Å². The van der Waals surface area contributed by atoms with E-state index in [0.29, 0.717) is 19.3 Å². The molecule has 0 fully saturated rings. The summed E-state index contributed by atoms with van der Waals surface area (Å²) in [5.74, 6) is -0.921. The van der Waals surface area contributed by atoms with Gasteiger partial charge in [-0.3, -0.25) is 14.4 Å². The SMILES string of the molecule is CC/C=C\C/C=C\C/C=C\C/C=C\C/C=C\CCCCCCCCCCCCCCCC(=O)OCC(COC(=O)CCCCCCC/C=C\C/C=C\CCCC)OC(=O)CCCCCCC/C=C\C/C=C\C/C=C\CC. The standard InChI is InChI=1S/C70H116O6/c1-4-7-10-13-16-19-22-25-28-29-30-31-32-33-34-35-36-37-38-39-40-41-43-45-48-51-54-57-60-63-69(72)75-66-67(65-74-68(71)62-59-56-53-50-47-44-27-24-21-18-15-12-9-6-3)76-70(73)64-61-58-55-52-49-46-42-26-23-20-17-14-11-8-5-2/h7-8,10-11,15-20,24-28,30-31,33-34,42,67H,4-6,9,12-14,21-23,29,32,35-41,43-66H2,1-3H3/b10-7-,11-8-,18-15-,19-16-,20-17-,27-24-,28-25-,31-30-,34-33-,42-26-. The van der Waals surface area contributed by atoms with Gasteiger partial charge in [0.25, 0.3) is 0 Å². The lowest BCUT2D eigenvalue weighted by molar-refractivity contribution is -0.167. The largest absolute Gasteiger partial charge is 0.462 e. The molecule has 0 heterocycles. The van der Waals surface area contributed by atoms with Crippen molar-refractivity contribution in [1.82, 2.24) is 0 Å². The number of unbranched alkanes of at least 4 members (excludes halogenated alkanes) is 25. The van der Waals surface area contributed by atoms with Gasteiger partial charge >= 0.3 is 17.9 Å². The minimum atomic E-state index is -0.796. The molecule has 0 amide bonds. The van der Waals surface area contributed by atoms with Crippen molar-refractivity contribution in [3.8, 4) is 0 Å². The first kappa shape index (κ1) is 71.8. The normalized spacial score (nSPS) is 12.9. The summed E-state index contributed by atoms with van der Waals surface area (Å²) in [7, 11) is 0. The highest BCUT2D eigenvalue weighted by Crippen LogP contribution is 2.16. The quantitative estimate of drug-likeness (QED) is 0.0261. The van der Waals surface area contributed by atoms with Crippen molar-refractivity contribution in [3.05, 3.63) is 122 Å². The number of rotatable bonds is 56. The molecule has 0 aromatic carbocycles. The van der Waals surface area contributed by atoms with E-state index in [1.807, 2.05) is 0 Å². The van der Waals surface area contributed by atoms with Gasteiger partial charge in [-0.05, 0) is 122 Å². The first-order valence-corrected chi connectivity index (χ1v) is 31.5. The van der Waals surface area contributed by atoms with Crippen LogP contribution in [0, 0.1) is 0 Å². The van der Waals surface area contributed by atoms with Gasteiger partial charge in [0.05, 0.1) is 0 Å². The molecular formula is C70H116O6. The van der Waals surface area contributed by atoms with E-state index in [2.05, 4.69) is 142 Å². The van der Waals surface area contributed by atoms with Crippen LogP contribution in [0.5, 0.6) is 0 Å². The Bertz CT molecular complexity index is 1590. The molecule has 0 aliphatic heterocycles. The van der Waals surface area contributed by atoms with Crippen molar-refractivity contribution >= 4 is 17.9 Å².